The third-order valence-corrected chi connectivity index (χ3v) is 5.37. The molecule has 0 unspecified atom stereocenters. The predicted molar refractivity (Wildman–Crippen MR) is 83.2 cm³/mol. The number of alkyl halides is 9. The number of rotatable bonds is 9. The molecule has 0 N–H and O–H groups in total. The molecule has 0 radical (unpaired) electrons. The summed E-state index contributed by atoms with van der Waals surface area (Å²) in [5.41, 5.74) is -1.29. The Labute approximate surface area is 156 Å². The molecule has 0 rings (SSSR count). The third-order valence-electron chi connectivity index (χ3n) is 2.86. The summed E-state index contributed by atoms with van der Waals surface area (Å²) in [5.74, 6) is -15.8. The normalized spacial score (nSPS) is 15.5. The lowest BCUT2D eigenvalue weighted by molar-refractivity contribution is -0.382. The van der Waals surface area contributed by atoms with E-state index in [4.69, 9.17) is 4.43 Å². The van der Waals surface area contributed by atoms with Crippen LogP contribution in [0.3, 0.4) is 0 Å². The van der Waals surface area contributed by atoms with Crippen LogP contribution in [0.2, 0.25) is 19.6 Å². The van der Waals surface area contributed by atoms with E-state index in [1.807, 2.05) is 0 Å². The van der Waals surface area contributed by atoms with E-state index in [2.05, 4.69) is 10.8 Å². The SMILES string of the molecule is C=C(CC(C)(C)O[Si](C)(C)C)OS(=O)(=O)C(F)(F)C(F)(F)C(F)(F)C(F)(F)F. The molecule has 0 aliphatic heterocycles. The Morgan fingerprint density at radius 3 is 1.61 bits per heavy atom. The van der Waals surface area contributed by atoms with Crippen molar-refractivity contribution >= 4 is 18.4 Å². The van der Waals surface area contributed by atoms with Gasteiger partial charge < -0.3 is 8.61 Å². The average Bonchev–Trinajstić information content (AvgIpc) is 2.31. The van der Waals surface area contributed by atoms with E-state index < -0.39 is 59.5 Å². The van der Waals surface area contributed by atoms with E-state index in [0.29, 0.717) is 0 Å². The fourth-order valence-corrected chi connectivity index (χ4v) is 4.74. The molecule has 0 aliphatic rings. The Morgan fingerprint density at radius 2 is 1.29 bits per heavy atom. The van der Waals surface area contributed by atoms with Crippen LogP contribution in [0.1, 0.15) is 20.3 Å². The van der Waals surface area contributed by atoms with Gasteiger partial charge in [-0.1, -0.05) is 6.58 Å². The van der Waals surface area contributed by atoms with Crippen LogP contribution < -0.4 is 0 Å². The van der Waals surface area contributed by atoms with Crippen LogP contribution in [-0.4, -0.2) is 45.6 Å². The van der Waals surface area contributed by atoms with Crippen molar-refractivity contribution in [3.8, 4) is 0 Å². The monoisotopic (exact) mass is 470 g/mol. The lowest BCUT2D eigenvalue weighted by Crippen LogP contribution is -2.63. The molecule has 0 aromatic carbocycles. The molecule has 15 heteroatoms. The lowest BCUT2D eigenvalue weighted by Gasteiger charge is -2.34. The first kappa shape index (κ1) is 27.0. The van der Waals surface area contributed by atoms with E-state index in [-0.39, 0.29) is 0 Å². The molecular formula is C13H19F9O4SSi. The predicted octanol–water partition coefficient (Wildman–Crippen LogP) is 5.29. The van der Waals surface area contributed by atoms with Crippen LogP contribution in [0.5, 0.6) is 0 Å². The largest absolute Gasteiger partial charge is 0.460 e. The third kappa shape index (κ3) is 5.55. The minimum atomic E-state index is -7.36. The molecule has 0 saturated carbocycles. The summed E-state index contributed by atoms with van der Waals surface area (Å²) in [5, 5.41) is -6.92. The number of hydrogen-bond donors (Lipinski definition) is 0. The van der Waals surface area contributed by atoms with Gasteiger partial charge in [-0.25, -0.2) is 0 Å². The lowest BCUT2D eigenvalue weighted by atomic mass is 10.1. The summed E-state index contributed by atoms with van der Waals surface area (Å²) in [6.07, 6.45) is -7.81. The maximum absolute atomic E-state index is 13.6. The molecule has 0 saturated heterocycles. The second-order valence-electron chi connectivity index (χ2n) is 7.39. The van der Waals surface area contributed by atoms with Crippen LogP contribution in [0, 0.1) is 0 Å². The van der Waals surface area contributed by atoms with Crippen LogP contribution in [0.15, 0.2) is 12.3 Å². The van der Waals surface area contributed by atoms with Crippen molar-refractivity contribution in [2.24, 2.45) is 0 Å². The van der Waals surface area contributed by atoms with Gasteiger partial charge in [-0.05, 0) is 33.5 Å². The maximum atomic E-state index is 13.6. The van der Waals surface area contributed by atoms with E-state index >= 15 is 0 Å². The van der Waals surface area contributed by atoms with Crippen LogP contribution >= 0.6 is 0 Å². The van der Waals surface area contributed by atoms with Gasteiger partial charge in [0.1, 0.15) is 5.76 Å². The minimum absolute atomic E-state index is 0.659. The molecule has 0 fully saturated rings. The van der Waals surface area contributed by atoms with Crippen molar-refractivity contribution in [1.29, 1.82) is 0 Å². The molecule has 0 aliphatic carbocycles. The van der Waals surface area contributed by atoms with Gasteiger partial charge in [0, 0.05) is 6.42 Å². The van der Waals surface area contributed by atoms with Gasteiger partial charge in [-0.2, -0.15) is 47.9 Å². The van der Waals surface area contributed by atoms with Gasteiger partial charge in [-0.3, -0.25) is 0 Å². The fourth-order valence-electron chi connectivity index (χ4n) is 2.09. The van der Waals surface area contributed by atoms with Gasteiger partial charge >= 0.3 is 33.4 Å². The van der Waals surface area contributed by atoms with E-state index in [1.165, 1.54) is 13.8 Å². The van der Waals surface area contributed by atoms with Crippen LogP contribution in [0.25, 0.3) is 0 Å². The molecule has 0 bridgehead atoms. The summed E-state index contributed by atoms with van der Waals surface area (Å²) in [4.78, 5) is 0. The van der Waals surface area contributed by atoms with Gasteiger partial charge in [0.2, 0.25) is 0 Å². The molecule has 0 aromatic rings. The first-order valence-electron chi connectivity index (χ1n) is 7.33. The molecule has 0 atom stereocenters. The van der Waals surface area contributed by atoms with Gasteiger partial charge in [-0.15, -0.1) is 0 Å². The zero-order valence-electron chi connectivity index (χ0n) is 15.4. The molecule has 0 aromatic heterocycles. The highest BCUT2D eigenvalue weighted by Gasteiger charge is 2.86. The molecule has 0 amide bonds. The smallest absolute Gasteiger partial charge is 0.412 e. The highest BCUT2D eigenvalue weighted by molar-refractivity contribution is 7.88. The topological polar surface area (TPSA) is 52.6 Å². The highest BCUT2D eigenvalue weighted by Crippen LogP contribution is 2.55. The zero-order chi connectivity index (χ0) is 23.2. The van der Waals surface area contributed by atoms with Crippen molar-refractivity contribution in [1.82, 2.24) is 0 Å². The molecule has 0 spiro atoms. The van der Waals surface area contributed by atoms with Crippen molar-refractivity contribution in [3.63, 3.8) is 0 Å². The molecule has 28 heavy (non-hydrogen) atoms. The average molecular weight is 470 g/mol. The van der Waals surface area contributed by atoms with Crippen molar-refractivity contribution in [2.75, 3.05) is 0 Å². The minimum Gasteiger partial charge on any atom is -0.412 e. The van der Waals surface area contributed by atoms with Crippen LogP contribution in [-0.2, 0) is 18.7 Å². The highest BCUT2D eigenvalue weighted by atomic mass is 32.2. The summed E-state index contributed by atoms with van der Waals surface area (Å²) in [6.45, 7) is 10.7. The molecule has 168 valence electrons. The summed E-state index contributed by atoms with van der Waals surface area (Å²) in [6, 6.07) is 0. The first-order chi connectivity index (χ1) is 11.8. The van der Waals surface area contributed by atoms with Crippen molar-refractivity contribution < 1.29 is 56.5 Å². The van der Waals surface area contributed by atoms with Gasteiger partial charge in [0.25, 0.3) is 0 Å². The maximum Gasteiger partial charge on any atom is 0.460 e. The fraction of sp³-hybridized carbons (Fsp3) is 0.846. The van der Waals surface area contributed by atoms with Crippen molar-refractivity contribution in [3.05, 3.63) is 12.3 Å². The second kappa shape index (κ2) is 7.38. The quantitative estimate of drug-likeness (QED) is 0.199. The Kier molecular flexibility index (Phi) is 7.12. The van der Waals surface area contributed by atoms with E-state index in [9.17, 15) is 47.9 Å². The van der Waals surface area contributed by atoms with Gasteiger partial charge in [0.05, 0.1) is 5.60 Å². The second-order valence-corrected chi connectivity index (χ2v) is 13.4. The number of hydrogen-bond acceptors (Lipinski definition) is 4. The molecule has 4 nitrogen and oxygen atoms in total. The standard InChI is InChI=1S/C13H19F9O4SSi/c1-8(7-9(2,3)26-28(4,5)6)25-27(23,24)13(21,22)11(16,17)10(14,15)12(18,19)20/h1,7H2,2-6H3. The Balaban J connectivity index is 5.74. The summed E-state index contributed by atoms with van der Waals surface area (Å²) < 4.78 is 147. The first-order valence-corrected chi connectivity index (χ1v) is 12.1. The summed E-state index contributed by atoms with van der Waals surface area (Å²) >= 11 is 0. The summed E-state index contributed by atoms with van der Waals surface area (Å²) in [7, 11) is -9.25. The molecular weight excluding hydrogens is 451 g/mol. The Morgan fingerprint density at radius 1 is 0.893 bits per heavy atom. The van der Waals surface area contributed by atoms with Crippen molar-refractivity contribution in [2.45, 2.75) is 68.8 Å². The van der Waals surface area contributed by atoms with Gasteiger partial charge in [0.15, 0.2) is 8.32 Å². The zero-order valence-corrected chi connectivity index (χ0v) is 17.2. The Bertz CT molecular complexity index is 694. The van der Waals surface area contributed by atoms with Crippen LogP contribution in [0.4, 0.5) is 39.5 Å². The Hall–Kier alpha value is -0.963. The molecule has 0 heterocycles. The van der Waals surface area contributed by atoms with E-state index in [1.54, 1.807) is 19.6 Å². The number of halogens is 9. The van der Waals surface area contributed by atoms with E-state index in [0.717, 1.165) is 0 Å².